The lowest BCUT2D eigenvalue weighted by molar-refractivity contribution is 0.617. The van der Waals surface area contributed by atoms with Gasteiger partial charge in [0, 0.05) is 23.6 Å². The van der Waals surface area contributed by atoms with Crippen molar-refractivity contribution in [3.8, 4) is 11.3 Å². The fraction of sp³-hybridized carbons (Fsp3) is 0.250. The quantitative estimate of drug-likeness (QED) is 0.664. The van der Waals surface area contributed by atoms with Crippen LogP contribution in [0.15, 0.2) is 57.9 Å². The Bertz CT molecular complexity index is 857. The fourth-order valence-corrected chi connectivity index (χ4v) is 2.51. The topological polar surface area (TPSA) is 25.5 Å². The van der Waals surface area contributed by atoms with E-state index in [-0.39, 0.29) is 0 Å². The van der Waals surface area contributed by atoms with Gasteiger partial charge in [-0.1, -0.05) is 48.4 Å². The Labute approximate surface area is 131 Å². The van der Waals surface area contributed by atoms with E-state index < -0.39 is 0 Å². The highest BCUT2D eigenvalue weighted by Gasteiger charge is 2.06. The number of rotatable bonds is 3. The van der Waals surface area contributed by atoms with Crippen LogP contribution in [0.25, 0.3) is 22.3 Å². The predicted octanol–water partition coefficient (Wildman–Crippen LogP) is 5.03. The lowest BCUT2D eigenvalue weighted by Gasteiger charge is -2.06. The van der Waals surface area contributed by atoms with Crippen LogP contribution < -0.4 is 5.36 Å². The zero-order valence-corrected chi connectivity index (χ0v) is 13.4. The molecule has 0 spiro atoms. The second-order valence-corrected chi connectivity index (χ2v) is 5.74. The first-order valence-corrected chi connectivity index (χ1v) is 7.79. The van der Waals surface area contributed by atoms with E-state index >= 15 is 0 Å². The van der Waals surface area contributed by atoms with Crippen LogP contribution in [0.3, 0.4) is 0 Å². The van der Waals surface area contributed by atoms with Gasteiger partial charge >= 0.3 is 0 Å². The molecule has 0 fully saturated rings. The van der Waals surface area contributed by atoms with E-state index in [1.807, 2.05) is 6.07 Å². The zero-order valence-electron chi connectivity index (χ0n) is 13.4. The van der Waals surface area contributed by atoms with Crippen molar-refractivity contribution in [2.75, 3.05) is 6.54 Å². The Morgan fingerprint density at radius 2 is 1.64 bits per heavy atom. The molecule has 1 heterocycles. The summed E-state index contributed by atoms with van der Waals surface area (Å²) in [5.74, 6) is 0.867. The van der Waals surface area contributed by atoms with E-state index in [0.717, 1.165) is 40.6 Å². The highest BCUT2D eigenvalue weighted by atomic mass is 16.3. The molecule has 2 heteroatoms. The SMILES string of the molecule is CCCN=c1cc(-c2ccc(C)cc2)oc2ccc(C)cc12. The van der Waals surface area contributed by atoms with E-state index in [0.29, 0.717) is 0 Å². The smallest absolute Gasteiger partial charge is 0.136 e. The van der Waals surface area contributed by atoms with Crippen LogP contribution in [0.4, 0.5) is 0 Å². The Morgan fingerprint density at radius 3 is 2.36 bits per heavy atom. The summed E-state index contributed by atoms with van der Waals surface area (Å²) in [4.78, 5) is 4.74. The van der Waals surface area contributed by atoms with Gasteiger partial charge < -0.3 is 4.42 Å². The number of benzene rings is 2. The molecule has 0 saturated carbocycles. The molecular formula is C20H21NO. The minimum atomic E-state index is 0.834. The standard InChI is InChI=1S/C20H21NO/c1-4-11-21-18-13-20(16-8-5-14(2)6-9-16)22-19-10-7-15(3)12-17(18)19/h5-10,12-13H,4,11H2,1-3H3. The first kappa shape index (κ1) is 14.6. The summed E-state index contributed by atoms with van der Waals surface area (Å²) >= 11 is 0. The number of hydrogen-bond acceptors (Lipinski definition) is 2. The Hall–Kier alpha value is -2.35. The van der Waals surface area contributed by atoms with Gasteiger partial charge in [-0.2, -0.15) is 0 Å². The molecule has 0 radical (unpaired) electrons. The van der Waals surface area contributed by atoms with Gasteiger partial charge in [0.15, 0.2) is 0 Å². The first-order chi connectivity index (χ1) is 10.7. The maximum Gasteiger partial charge on any atom is 0.136 e. The molecule has 0 bridgehead atoms. The monoisotopic (exact) mass is 291 g/mol. The maximum absolute atomic E-state index is 6.10. The third-order valence-corrected chi connectivity index (χ3v) is 3.74. The van der Waals surface area contributed by atoms with Crippen molar-refractivity contribution in [3.63, 3.8) is 0 Å². The predicted molar refractivity (Wildman–Crippen MR) is 91.8 cm³/mol. The molecule has 0 N–H and O–H groups in total. The van der Waals surface area contributed by atoms with Crippen LogP contribution in [0.2, 0.25) is 0 Å². The second kappa shape index (κ2) is 6.18. The highest BCUT2D eigenvalue weighted by molar-refractivity contribution is 5.79. The molecule has 3 aromatic rings. The Kier molecular flexibility index (Phi) is 4.10. The third-order valence-electron chi connectivity index (χ3n) is 3.74. The lowest BCUT2D eigenvalue weighted by Crippen LogP contribution is -2.05. The summed E-state index contributed by atoms with van der Waals surface area (Å²) in [6.45, 7) is 7.16. The van der Waals surface area contributed by atoms with Crippen LogP contribution in [0, 0.1) is 13.8 Å². The van der Waals surface area contributed by atoms with Gasteiger partial charge in [0.1, 0.15) is 11.3 Å². The van der Waals surface area contributed by atoms with E-state index in [1.54, 1.807) is 0 Å². The van der Waals surface area contributed by atoms with Crippen LogP contribution in [-0.4, -0.2) is 6.54 Å². The number of nitrogens with zero attached hydrogens (tertiary/aromatic N) is 1. The van der Waals surface area contributed by atoms with E-state index in [4.69, 9.17) is 9.41 Å². The minimum Gasteiger partial charge on any atom is -0.456 e. The van der Waals surface area contributed by atoms with Gasteiger partial charge in [-0.05, 0) is 32.4 Å². The molecule has 0 amide bonds. The van der Waals surface area contributed by atoms with Gasteiger partial charge in [-0.25, -0.2) is 0 Å². The molecule has 0 aliphatic rings. The first-order valence-electron chi connectivity index (χ1n) is 7.79. The van der Waals surface area contributed by atoms with Crippen molar-refractivity contribution < 1.29 is 4.42 Å². The minimum absolute atomic E-state index is 0.834. The van der Waals surface area contributed by atoms with Gasteiger partial charge in [-0.15, -0.1) is 0 Å². The molecule has 0 atom stereocenters. The molecular weight excluding hydrogens is 270 g/mol. The summed E-state index contributed by atoms with van der Waals surface area (Å²) in [5, 5.41) is 2.10. The largest absolute Gasteiger partial charge is 0.456 e. The van der Waals surface area contributed by atoms with Crippen LogP contribution in [0.5, 0.6) is 0 Å². The van der Waals surface area contributed by atoms with Gasteiger partial charge in [0.05, 0.1) is 5.36 Å². The highest BCUT2D eigenvalue weighted by Crippen LogP contribution is 2.23. The lowest BCUT2D eigenvalue weighted by atomic mass is 10.1. The van der Waals surface area contributed by atoms with Crippen molar-refractivity contribution in [1.82, 2.24) is 0 Å². The molecule has 112 valence electrons. The maximum atomic E-state index is 6.10. The normalized spacial score (nSPS) is 12.0. The summed E-state index contributed by atoms with van der Waals surface area (Å²) in [6.07, 6.45) is 1.04. The van der Waals surface area contributed by atoms with E-state index in [9.17, 15) is 0 Å². The summed E-state index contributed by atoms with van der Waals surface area (Å²) in [7, 11) is 0. The number of aryl methyl sites for hydroxylation is 2. The van der Waals surface area contributed by atoms with Crippen molar-refractivity contribution in [2.24, 2.45) is 4.99 Å². The number of fused-ring (bicyclic) bond motifs is 1. The van der Waals surface area contributed by atoms with Crippen molar-refractivity contribution >= 4 is 11.0 Å². The molecule has 2 nitrogen and oxygen atoms in total. The van der Waals surface area contributed by atoms with Gasteiger partial charge in [0.2, 0.25) is 0 Å². The molecule has 0 saturated heterocycles. The molecule has 0 aliphatic carbocycles. The molecule has 22 heavy (non-hydrogen) atoms. The van der Waals surface area contributed by atoms with E-state index in [1.165, 1.54) is 11.1 Å². The van der Waals surface area contributed by atoms with Crippen LogP contribution in [-0.2, 0) is 0 Å². The molecule has 0 aliphatic heterocycles. The third kappa shape index (κ3) is 2.96. The molecule has 1 aromatic heterocycles. The zero-order chi connectivity index (χ0) is 15.5. The fourth-order valence-electron chi connectivity index (χ4n) is 2.51. The average Bonchev–Trinajstić information content (AvgIpc) is 2.53. The van der Waals surface area contributed by atoms with Crippen LogP contribution in [0.1, 0.15) is 24.5 Å². The number of hydrogen-bond donors (Lipinski definition) is 0. The molecule has 0 unspecified atom stereocenters. The average molecular weight is 291 g/mol. The molecule has 2 aromatic carbocycles. The van der Waals surface area contributed by atoms with Crippen molar-refractivity contribution in [2.45, 2.75) is 27.2 Å². The van der Waals surface area contributed by atoms with Crippen molar-refractivity contribution in [1.29, 1.82) is 0 Å². The molecule has 3 rings (SSSR count). The van der Waals surface area contributed by atoms with Crippen LogP contribution >= 0.6 is 0 Å². The van der Waals surface area contributed by atoms with Gasteiger partial charge in [-0.3, -0.25) is 4.99 Å². The van der Waals surface area contributed by atoms with Gasteiger partial charge in [0.25, 0.3) is 0 Å². The van der Waals surface area contributed by atoms with Crippen molar-refractivity contribution in [3.05, 3.63) is 65.0 Å². The summed E-state index contributed by atoms with van der Waals surface area (Å²) in [5.41, 5.74) is 4.44. The Balaban J connectivity index is 2.24. The Morgan fingerprint density at radius 1 is 0.909 bits per heavy atom. The summed E-state index contributed by atoms with van der Waals surface area (Å²) < 4.78 is 6.10. The summed E-state index contributed by atoms with van der Waals surface area (Å²) in [6, 6.07) is 16.7. The van der Waals surface area contributed by atoms with E-state index in [2.05, 4.69) is 63.2 Å². The second-order valence-electron chi connectivity index (χ2n) is 5.74.